The quantitative estimate of drug-likeness (QED) is 0.627. The summed E-state index contributed by atoms with van der Waals surface area (Å²) < 4.78 is 29.5. The van der Waals surface area contributed by atoms with Crippen LogP contribution in [0.5, 0.6) is 0 Å². The molecular formula is C8H18F2O. The minimum Gasteiger partial charge on any atom is -0.378 e. The Hall–Kier alpha value is -0.180. The van der Waals surface area contributed by atoms with E-state index >= 15 is 0 Å². The molecule has 0 amide bonds. The summed E-state index contributed by atoms with van der Waals surface area (Å²) in [4.78, 5) is 0. The number of alkyl halides is 2. The lowest BCUT2D eigenvalue weighted by Gasteiger charge is -2.16. The molecule has 0 aliphatic heterocycles. The molecule has 1 nitrogen and oxygen atoms in total. The Bertz CT molecular complexity index is 92.1. The van der Waals surface area contributed by atoms with Gasteiger partial charge in [0.2, 0.25) is 0 Å². The minimum absolute atomic E-state index is 0. The molecule has 0 saturated carbocycles. The van der Waals surface area contributed by atoms with Crippen molar-refractivity contribution in [1.82, 2.24) is 0 Å². The molecule has 70 valence electrons. The summed E-state index contributed by atoms with van der Waals surface area (Å²) in [6, 6.07) is 0. The second kappa shape index (κ2) is 5.47. The van der Waals surface area contributed by atoms with E-state index in [1.165, 1.54) is 7.11 Å². The lowest BCUT2D eigenvalue weighted by atomic mass is 10.1. The van der Waals surface area contributed by atoms with E-state index in [0.717, 1.165) is 0 Å². The van der Waals surface area contributed by atoms with Crippen LogP contribution in [0.15, 0.2) is 0 Å². The minimum atomic E-state index is -2.65. The standard InChI is InChI=1S/C7H14F2O.CH4/c1-6(2)4-7(8,9)5-10-3;/h6H,4-5H2,1-3H3;1H4. The molecule has 0 aliphatic rings. The van der Waals surface area contributed by atoms with Crippen LogP contribution in [0.4, 0.5) is 8.78 Å². The van der Waals surface area contributed by atoms with Gasteiger partial charge in [-0.2, -0.15) is 0 Å². The van der Waals surface area contributed by atoms with Crippen LogP contribution in [0.25, 0.3) is 0 Å². The highest BCUT2D eigenvalue weighted by atomic mass is 19.3. The second-order valence-corrected chi connectivity index (χ2v) is 2.89. The Morgan fingerprint density at radius 1 is 1.36 bits per heavy atom. The summed E-state index contributed by atoms with van der Waals surface area (Å²) >= 11 is 0. The largest absolute Gasteiger partial charge is 0.378 e. The predicted molar refractivity (Wildman–Crippen MR) is 43.0 cm³/mol. The van der Waals surface area contributed by atoms with Crippen molar-refractivity contribution < 1.29 is 13.5 Å². The van der Waals surface area contributed by atoms with Crippen LogP contribution in [0.3, 0.4) is 0 Å². The normalized spacial score (nSPS) is 11.5. The lowest BCUT2D eigenvalue weighted by molar-refractivity contribution is -0.0773. The molecule has 0 rings (SSSR count). The summed E-state index contributed by atoms with van der Waals surface area (Å²) in [6.45, 7) is 3.07. The van der Waals surface area contributed by atoms with Gasteiger partial charge in [-0.25, -0.2) is 8.78 Å². The van der Waals surface area contributed by atoms with Crippen molar-refractivity contribution in [3.05, 3.63) is 0 Å². The van der Waals surface area contributed by atoms with Crippen molar-refractivity contribution in [2.75, 3.05) is 13.7 Å². The summed E-state index contributed by atoms with van der Waals surface area (Å²) in [5.74, 6) is -2.63. The van der Waals surface area contributed by atoms with E-state index in [0.29, 0.717) is 0 Å². The Morgan fingerprint density at radius 2 is 1.82 bits per heavy atom. The molecule has 0 N–H and O–H groups in total. The number of ether oxygens (including phenoxy) is 1. The maximum atomic E-state index is 12.5. The maximum Gasteiger partial charge on any atom is 0.271 e. The van der Waals surface area contributed by atoms with Crippen molar-refractivity contribution in [1.29, 1.82) is 0 Å². The van der Waals surface area contributed by atoms with Gasteiger partial charge in [-0.1, -0.05) is 21.3 Å². The van der Waals surface area contributed by atoms with E-state index in [-0.39, 0.29) is 19.8 Å². The van der Waals surface area contributed by atoms with Gasteiger partial charge in [0.1, 0.15) is 6.61 Å². The highest BCUT2D eigenvalue weighted by molar-refractivity contribution is 4.66. The van der Waals surface area contributed by atoms with E-state index < -0.39 is 12.5 Å². The third kappa shape index (κ3) is 7.72. The maximum absolute atomic E-state index is 12.5. The van der Waals surface area contributed by atoms with Crippen molar-refractivity contribution in [3.63, 3.8) is 0 Å². The molecule has 0 heterocycles. The van der Waals surface area contributed by atoms with E-state index in [2.05, 4.69) is 4.74 Å². The number of hydrogen-bond acceptors (Lipinski definition) is 1. The monoisotopic (exact) mass is 168 g/mol. The molecule has 0 unspecified atom stereocenters. The number of methoxy groups -OCH3 is 1. The topological polar surface area (TPSA) is 9.23 Å². The highest BCUT2D eigenvalue weighted by Gasteiger charge is 2.29. The zero-order valence-corrected chi connectivity index (χ0v) is 6.66. The average Bonchev–Trinajstić information content (AvgIpc) is 1.59. The Kier molecular flexibility index (Phi) is 6.67. The molecule has 0 spiro atoms. The van der Waals surface area contributed by atoms with E-state index in [9.17, 15) is 8.78 Å². The fraction of sp³-hybridized carbons (Fsp3) is 1.00. The smallest absolute Gasteiger partial charge is 0.271 e. The molecule has 0 aromatic rings. The van der Waals surface area contributed by atoms with Gasteiger partial charge in [0.05, 0.1) is 0 Å². The van der Waals surface area contributed by atoms with Gasteiger partial charge in [-0.3, -0.25) is 0 Å². The van der Waals surface area contributed by atoms with Gasteiger partial charge in [-0.05, 0) is 5.92 Å². The fourth-order valence-electron chi connectivity index (χ4n) is 0.867. The summed E-state index contributed by atoms with van der Waals surface area (Å²) in [6.07, 6.45) is -0.0964. The highest BCUT2D eigenvalue weighted by Crippen LogP contribution is 2.22. The van der Waals surface area contributed by atoms with Crippen molar-refractivity contribution in [3.8, 4) is 0 Å². The van der Waals surface area contributed by atoms with Crippen LogP contribution in [0.2, 0.25) is 0 Å². The first-order chi connectivity index (χ1) is 4.48. The third-order valence-electron chi connectivity index (χ3n) is 1.06. The fourth-order valence-corrected chi connectivity index (χ4v) is 0.867. The summed E-state index contributed by atoms with van der Waals surface area (Å²) in [5, 5.41) is 0. The van der Waals surface area contributed by atoms with Gasteiger partial charge in [0.25, 0.3) is 5.92 Å². The molecule has 0 radical (unpaired) electrons. The Labute approximate surface area is 67.7 Å². The van der Waals surface area contributed by atoms with Crippen molar-refractivity contribution >= 4 is 0 Å². The molecule has 0 aromatic carbocycles. The summed E-state index contributed by atoms with van der Waals surface area (Å²) in [5.41, 5.74) is 0. The van der Waals surface area contributed by atoms with Gasteiger partial charge in [-0.15, -0.1) is 0 Å². The van der Waals surface area contributed by atoms with Crippen LogP contribution in [0, 0.1) is 5.92 Å². The first kappa shape index (κ1) is 13.4. The average molecular weight is 168 g/mol. The molecule has 0 aromatic heterocycles. The van der Waals surface area contributed by atoms with Crippen LogP contribution >= 0.6 is 0 Å². The molecule has 0 bridgehead atoms. The van der Waals surface area contributed by atoms with Gasteiger partial charge in [0.15, 0.2) is 0 Å². The third-order valence-corrected chi connectivity index (χ3v) is 1.06. The van der Waals surface area contributed by atoms with Gasteiger partial charge < -0.3 is 4.74 Å². The molecular weight excluding hydrogens is 150 g/mol. The molecule has 3 heteroatoms. The van der Waals surface area contributed by atoms with Gasteiger partial charge >= 0.3 is 0 Å². The van der Waals surface area contributed by atoms with Crippen molar-refractivity contribution in [2.45, 2.75) is 33.6 Å². The van der Waals surface area contributed by atoms with Crippen molar-refractivity contribution in [2.24, 2.45) is 5.92 Å². The van der Waals surface area contributed by atoms with Crippen LogP contribution in [0.1, 0.15) is 27.7 Å². The molecule has 11 heavy (non-hydrogen) atoms. The summed E-state index contributed by atoms with van der Waals surface area (Å²) in [7, 11) is 1.29. The molecule has 0 saturated heterocycles. The van der Waals surface area contributed by atoms with Gasteiger partial charge in [0, 0.05) is 13.5 Å². The SMILES string of the molecule is C.COCC(F)(F)CC(C)C. The Morgan fingerprint density at radius 3 is 2.09 bits per heavy atom. The number of rotatable bonds is 4. The predicted octanol–water partition coefficient (Wildman–Crippen LogP) is 2.95. The zero-order chi connectivity index (χ0) is 8.20. The second-order valence-electron chi connectivity index (χ2n) is 2.89. The number of halogens is 2. The lowest BCUT2D eigenvalue weighted by Crippen LogP contribution is -2.24. The first-order valence-electron chi connectivity index (χ1n) is 3.34. The zero-order valence-electron chi connectivity index (χ0n) is 6.66. The van der Waals surface area contributed by atoms with E-state index in [1.54, 1.807) is 13.8 Å². The molecule has 0 atom stereocenters. The Balaban J connectivity index is 0. The number of hydrogen-bond donors (Lipinski definition) is 0. The molecule has 0 fully saturated rings. The van der Waals surface area contributed by atoms with Crippen LogP contribution in [-0.4, -0.2) is 19.6 Å². The van der Waals surface area contributed by atoms with E-state index in [4.69, 9.17) is 0 Å². The first-order valence-corrected chi connectivity index (χ1v) is 3.34. The molecule has 0 aliphatic carbocycles. The van der Waals surface area contributed by atoms with E-state index in [1.807, 2.05) is 0 Å². The van der Waals surface area contributed by atoms with Crippen LogP contribution in [-0.2, 0) is 4.74 Å². The van der Waals surface area contributed by atoms with Crippen LogP contribution < -0.4 is 0 Å².